The molecule has 0 fully saturated rings. The molecule has 4 aromatic carbocycles. The molecule has 1 atom stereocenters. The van der Waals surface area contributed by atoms with Crippen molar-refractivity contribution in [3.63, 3.8) is 0 Å². The number of thioether (sulfide) groups is 1. The van der Waals surface area contributed by atoms with Crippen molar-refractivity contribution in [2.75, 3.05) is 10.6 Å². The highest BCUT2D eigenvalue weighted by Crippen LogP contribution is 2.29. The molecule has 8 heteroatoms. The lowest BCUT2D eigenvalue weighted by Gasteiger charge is -2.16. The van der Waals surface area contributed by atoms with Crippen LogP contribution in [0.15, 0.2) is 114 Å². The Morgan fingerprint density at radius 2 is 1.54 bits per heavy atom. The zero-order chi connectivity index (χ0) is 29.2. The van der Waals surface area contributed by atoms with Crippen LogP contribution in [0.3, 0.4) is 0 Å². The molecule has 0 bridgehead atoms. The third-order valence-electron chi connectivity index (χ3n) is 6.01. The van der Waals surface area contributed by atoms with Crippen molar-refractivity contribution in [2.24, 2.45) is 0 Å². The molecule has 41 heavy (non-hydrogen) atoms. The Kier molecular flexibility index (Phi) is 10.4. The van der Waals surface area contributed by atoms with E-state index < -0.39 is 11.8 Å². The van der Waals surface area contributed by atoms with Crippen LogP contribution in [0.25, 0.3) is 6.08 Å². The van der Waals surface area contributed by atoms with Gasteiger partial charge in [0.05, 0.1) is 5.25 Å². The molecule has 6 nitrogen and oxygen atoms in total. The van der Waals surface area contributed by atoms with E-state index in [-0.39, 0.29) is 16.9 Å². The van der Waals surface area contributed by atoms with Gasteiger partial charge in [-0.15, -0.1) is 11.8 Å². The fraction of sp³-hybridized carbons (Fsp3) is 0.121. The van der Waals surface area contributed by atoms with E-state index in [1.54, 1.807) is 66.7 Å². The number of halogens is 1. The third kappa shape index (κ3) is 8.83. The van der Waals surface area contributed by atoms with E-state index in [9.17, 15) is 14.4 Å². The molecule has 208 valence electrons. The fourth-order valence-electron chi connectivity index (χ4n) is 3.98. The number of rotatable bonds is 10. The van der Waals surface area contributed by atoms with Gasteiger partial charge in [-0.2, -0.15) is 0 Å². The smallest absolute Gasteiger partial charge is 0.272 e. The van der Waals surface area contributed by atoms with Gasteiger partial charge in [0.15, 0.2) is 0 Å². The largest absolute Gasteiger partial charge is 0.325 e. The SMILES string of the molecule is CCC(Sc1cccc(NC(=O)/C(=C/c2cccc(Cl)c2)NC(=O)c2ccccc2)c1)C(=O)Nc1cccc(C)c1. The standard InChI is InChI=1S/C33H30ClN3O3S/c1-3-30(33(40)36-26-15-7-10-22(2)18-26)41-28-17-9-16-27(21-28)35-32(39)29(20-23-11-8-14-25(34)19-23)37-31(38)24-12-5-4-6-13-24/h4-21,30H,3H2,1-2H3,(H,35,39)(H,36,40)(H,37,38)/b29-20-. The number of carbonyl (C=O) groups excluding carboxylic acids is 3. The zero-order valence-electron chi connectivity index (χ0n) is 22.7. The second-order valence-corrected chi connectivity index (χ2v) is 11.0. The number of benzene rings is 4. The van der Waals surface area contributed by atoms with Crippen LogP contribution >= 0.6 is 23.4 Å². The van der Waals surface area contributed by atoms with Gasteiger partial charge < -0.3 is 16.0 Å². The van der Waals surface area contributed by atoms with Gasteiger partial charge >= 0.3 is 0 Å². The molecule has 0 aliphatic rings. The summed E-state index contributed by atoms with van der Waals surface area (Å²) in [5.41, 5.74) is 3.49. The Balaban J connectivity index is 1.50. The fourth-order valence-corrected chi connectivity index (χ4v) is 5.20. The Hall–Kier alpha value is -4.33. The molecular formula is C33H30ClN3O3S. The molecule has 3 amide bonds. The van der Waals surface area contributed by atoms with Gasteiger partial charge in [-0.05, 0) is 85.1 Å². The van der Waals surface area contributed by atoms with Gasteiger partial charge in [0.25, 0.3) is 11.8 Å². The predicted molar refractivity (Wildman–Crippen MR) is 168 cm³/mol. The Bertz CT molecular complexity index is 1570. The molecule has 0 saturated heterocycles. The zero-order valence-corrected chi connectivity index (χ0v) is 24.3. The summed E-state index contributed by atoms with van der Waals surface area (Å²) in [6.45, 7) is 3.94. The summed E-state index contributed by atoms with van der Waals surface area (Å²) in [6, 6.07) is 30.6. The second kappa shape index (κ2) is 14.3. The summed E-state index contributed by atoms with van der Waals surface area (Å²) in [6.07, 6.45) is 2.19. The maximum absolute atomic E-state index is 13.4. The van der Waals surface area contributed by atoms with E-state index in [0.29, 0.717) is 28.3 Å². The summed E-state index contributed by atoms with van der Waals surface area (Å²) in [4.78, 5) is 40.1. The minimum atomic E-state index is -0.499. The normalized spacial score (nSPS) is 11.8. The number of anilines is 2. The van der Waals surface area contributed by atoms with Crippen LogP contribution in [0.5, 0.6) is 0 Å². The van der Waals surface area contributed by atoms with E-state index >= 15 is 0 Å². The number of hydrogen-bond donors (Lipinski definition) is 3. The summed E-state index contributed by atoms with van der Waals surface area (Å²) in [5.74, 6) is -1.00. The highest BCUT2D eigenvalue weighted by atomic mass is 35.5. The Morgan fingerprint density at radius 1 is 0.829 bits per heavy atom. The van der Waals surface area contributed by atoms with Crippen LogP contribution in [0.1, 0.15) is 34.8 Å². The van der Waals surface area contributed by atoms with Crippen LogP contribution in [0.2, 0.25) is 5.02 Å². The molecule has 4 aromatic rings. The molecule has 0 saturated carbocycles. The van der Waals surface area contributed by atoms with Crippen molar-refractivity contribution < 1.29 is 14.4 Å². The van der Waals surface area contributed by atoms with Crippen molar-refractivity contribution >= 4 is 58.5 Å². The monoisotopic (exact) mass is 583 g/mol. The average molecular weight is 584 g/mol. The van der Waals surface area contributed by atoms with E-state index in [1.165, 1.54) is 11.8 Å². The molecule has 0 spiro atoms. The maximum atomic E-state index is 13.4. The molecule has 0 heterocycles. The molecule has 1 unspecified atom stereocenters. The Labute approximate surface area is 249 Å². The van der Waals surface area contributed by atoms with Crippen LogP contribution in [0.4, 0.5) is 11.4 Å². The van der Waals surface area contributed by atoms with Crippen LogP contribution in [-0.4, -0.2) is 23.0 Å². The van der Waals surface area contributed by atoms with Gasteiger partial charge in [0.1, 0.15) is 5.70 Å². The van der Waals surface area contributed by atoms with Gasteiger partial charge in [-0.3, -0.25) is 14.4 Å². The summed E-state index contributed by atoms with van der Waals surface area (Å²) >= 11 is 7.56. The quantitative estimate of drug-likeness (QED) is 0.133. The predicted octanol–water partition coefficient (Wildman–Crippen LogP) is 7.57. The first-order valence-corrected chi connectivity index (χ1v) is 14.4. The molecule has 4 rings (SSSR count). The maximum Gasteiger partial charge on any atom is 0.272 e. The van der Waals surface area contributed by atoms with Crippen LogP contribution in [-0.2, 0) is 9.59 Å². The molecule has 0 aliphatic carbocycles. The van der Waals surface area contributed by atoms with Gasteiger partial charge in [0, 0.05) is 26.9 Å². The second-order valence-electron chi connectivity index (χ2n) is 9.29. The van der Waals surface area contributed by atoms with Crippen molar-refractivity contribution in [3.05, 3.63) is 131 Å². The lowest BCUT2D eigenvalue weighted by Crippen LogP contribution is -2.30. The van der Waals surface area contributed by atoms with Gasteiger partial charge in [-0.25, -0.2) is 0 Å². The van der Waals surface area contributed by atoms with Crippen LogP contribution in [0, 0.1) is 6.92 Å². The highest BCUT2D eigenvalue weighted by Gasteiger charge is 2.19. The van der Waals surface area contributed by atoms with E-state index in [1.807, 2.05) is 56.3 Å². The van der Waals surface area contributed by atoms with Gasteiger partial charge in [0.2, 0.25) is 5.91 Å². The Morgan fingerprint density at radius 3 is 2.24 bits per heavy atom. The third-order valence-corrected chi connectivity index (χ3v) is 7.60. The number of aryl methyl sites for hydroxylation is 1. The number of carbonyl (C=O) groups is 3. The molecule has 3 N–H and O–H groups in total. The highest BCUT2D eigenvalue weighted by molar-refractivity contribution is 8.00. The summed E-state index contributed by atoms with van der Waals surface area (Å²) in [7, 11) is 0. The number of hydrogen-bond acceptors (Lipinski definition) is 4. The van der Waals surface area contributed by atoms with Crippen molar-refractivity contribution in [3.8, 4) is 0 Å². The lowest BCUT2D eigenvalue weighted by atomic mass is 10.1. The summed E-state index contributed by atoms with van der Waals surface area (Å²) < 4.78 is 0. The van der Waals surface area contributed by atoms with E-state index in [2.05, 4.69) is 16.0 Å². The van der Waals surface area contributed by atoms with Crippen molar-refractivity contribution in [2.45, 2.75) is 30.4 Å². The van der Waals surface area contributed by atoms with Crippen molar-refractivity contribution in [1.82, 2.24) is 5.32 Å². The first-order chi connectivity index (χ1) is 19.8. The topological polar surface area (TPSA) is 87.3 Å². The molecule has 0 aromatic heterocycles. The first kappa shape index (κ1) is 29.6. The minimum Gasteiger partial charge on any atom is -0.325 e. The lowest BCUT2D eigenvalue weighted by molar-refractivity contribution is -0.116. The van der Waals surface area contributed by atoms with E-state index in [4.69, 9.17) is 11.6 Å². The number of amides is 3. The molecular weight excluding hydrogens is 554 g/mol. The molecule has 0 radical (unpaired) electrons. The first-order valence-electron chi connectivity index (χ1n) is 13.1. The van der Waals surface area contributed by atoms with Crippen molar-refractivity contribution in [1.29, 1.82) is 0 Å². The average Bonchev–Trinajstić information content (AvgIpc) is 2.96. The number of nitrogens with one attached hydrogen (secondary N) is 3. The van der Waals surface area contributed by atoms with E-state index in [0.717, 1.165) is 16.1 Å². The van der Waals surface area contributed by atoms with Crippen LogP contribution < -0.4 is 16.0 Å². The minimum absolute atomic E-state index is 0.0585. The molecule has 0 aliphatic heterocycles. The van der Waals surface area contributed by atoms with Gasteiger partial charge in [-0.1, -0.05) is 67.1 Å². The summed E-state index contributed by atoms with van der Waals surface area (Å²) in [5, 5.41) is 8.77.